The SMILES string of the molecule is CCc1cc(CCC2(C3CCCC3)CC(O)=C(CC3=CCCN4C(C)=CC(C)=NC4=N3)C(=O)O2)ccc1CNC. The Bertz CT molecular complexity index is 1300. The number of rotatable bonds is 9. The average Bonchev–Trinajstić information content (AvgIpc) is 3.40. The largest absolute Gasteiger partial charge is 0.512 e. The first kappa shape index (κ1) is 28.3. The summed E-state index contributed by atoms with van der Waals surface area (Å²) in [7, 11) is 1.97. The van der Waals surface area contributed by atoms with Gasteiger partial charge in [-0.1, -0.05) is 44.0 Å². The molecule has 0 saturated heterocycles. The Morgan fingerprint density at radius 3 is 2.70 bits per heavy atom. The molecule has 1 aromatic rings. The van der Waals surface area contributed by atoms with Gasteiger partial charge in [-0.05, 0) is 88.1 Å². The van der Waals surface area contributed by atoms with Crippen molar-refractivity contribution in [1.82, 2.24) is 10.2 Å². The fourth-order valence-electron chi connectivity index (χ4n) is 6.85. The lowest BCUT2D eigenvalue weighted by molar-refractivity contribution is -0.167. The number of carbonyl (C=O) groups excluding carboxylic acids is 1. The number of aliphatic hydroxyl groups is 1. The molecule has 0 amide bonds. The predicted molar refractivity (Wildman–Crippen MR) is 160 cm³/mol. The Morgan fingerprint density at radius 2 is 1.98 bits per heavy atom. The van der Waals surface area contributed by atoms with E-state index in [1.165, 1.54) is 16.7 Å². The summed E-state index contributed by atoms with van der Waals surface area (Å²) in [6.07, 6.45) is 12.4. The summed E-state index contributed by atoms with van der Waals surface area (Å²) in [5, 5.41) is 14.6. The molecule has 0 spiro atoms. The minimum absolute atomic E-state index is 0.170. The second-order valence-corrected chi connectivity index (χ2v) is 11.8. The normalized spacial score (nSPS) is 23.7. The van der Waals surface area contributed by atoms with E-state index in [1.54, 1.807) is 0 Å². The number of aliphatic hydroxyl groups excluding tert-OH is 1. The van der Waals surface area contributed by atoms with Crippen molar-refractivity contribution in [2.24, 2.45) is 15.9 Å². The molecular weight excluding hydrogens is 500 g/mol. The number of nitrogens with zero attached hydrogens (tertiary/aromatic N) is 3. The van der Waals surface area contributed by atoms with Gasteiger partial charge in [-0.2, -0.15) is 0 Å². The standard InChI is InChI=1S/C33H44N4O3/c1-5-25-18-24(12-13-26(25)21-34-4)14-15-33(27-9-6-7-10-27)20-30(38)29(31(39)40-33)19-28-11-8-16-37-23(3)17-22(2)35-32(37)36-28/h11-13,17-18,27,34,38H,5-10,14-16,19-21H2,1-4H3. The van der Waals surface area contributed by atoms with E-state index in [9.17, 15) is 9.90 Å². The summed E-state index contributed by atoms with van der Waals surface area (Å²) >= 11 is 0. The number of hydrogen-bond acceptors (Lipinski definition) is 7. The van der Waals surface area contributed by atoms with Crippen LogP contribution in [0.5, 0.6) is 0 Å². The van der Waals surface area contributed by atoms with Gasteiger partial charge in [0.05, 0.1) is 5.57 Å². The minimum Gasteiger partial charge on any atom is -0.512 e. The van der Waals surface area contributed by atoms with Crippen LogP contribution in [0, 0.1) is 5.92 Å². The van der Waals surface area contributed by atoms with Gasteiger partial charge < -0.3 is 20.1 Å². The predicted octanol–water partition coefficient (Wildman–Crippen LogP) is 6.30. The van der Waals surface area contributed by atoms with E-state index < -0.39 is 11.6 Å². The average molecular weight is 545 g/mol. The van der Waals surface area contributed by atoms with Crippen LogP contribution < -0.4 is 5.32 Å². The molecule has 2 N–H and O–H groups in total. The lowest BCUT2D eigenvalue weighted by atomic mass is 9.76. The molecule has 4 aliphatic rings. The number of aliphatic imine (C=N–C) groups is 2. The molecule has 7 heteroatoms. The van der Waals surface area contributed by atoms with Gasteiger partial charge in [-0.25, -0.2) is 14.8 Å². The van der Waals surface area contributed by atoms with Crippen LogP contribution in [0.15, 0.2) is 63.1 Å². The van der Waals surface area contributed by atoms with E-state index in [1.807, 2.05) is 14.0 Å². The summed E-state index contributed by atoms with van der Waals surface area (Å²) in [5.41, 5.74) is 6.40. The molecule has 7 nitrogen and oxygen atoms in total. The van der Waals surface area contributed by atoms with Crippen LogP contribution in [0.2, 0.25) is 0 Å². The number of aryl methyl sites for hydroxylation is 2. The molecule has 1 atom stereocenters. The highest BCUT2D eigenvalue weighted by atomic mass is 16.6. The molecular formula is C33H44N4O3. The number of benzene rings is 1. The first-order valence-electron chi connectivity index (χ1n) is 15.0. The van der Waals surface area contributed by atoms with Gasteiger partial charge in [0.2, 0.25) is 5.96 Å². The molecule has 1 fully saturated rings. The summed E-state index contributed by atoms with van der Waals surface area (Å²) < 4.78 is 6.41. The number of esters is 1. The number of ether oxygens (including phenoxy) is 1. The lowest BCUT2D eigenvalue weighted by Crippen LogP contribution is -2.46. The summed E-state index contributed by atoms with van der Waals surface area (Å²) in [5.74, 6) is 0.701. The Morgan fingerprint density at radius 1 is 1.18 bits per heavy atom. The van der Waals surface area contributed by atoms with Crippen molar-refractivity contribution in [1.29, 1.82) is 0 Å². The van der Waals surface area contributed by atoms with E-state index in [4.69, 9.17) is 9.73 Å². The van der Waals surface area contributed by atoms with Crippen LogP contribution in [0.4, 0.5) is 0 Å². The highest BCUT2D eigenvalue weighted by Crippen LogP contribution is 2.46. The van der Waals surface area contributed by atoms with Gasteiger partial charge in [0.25, 0.3) is 0 Å². The van der Waals surface area contributed by atoms with Gasteiger partial charge in [-0.15, -0.1) is 0 Å². The third-order valence-corrected chi connectivity index (χ3v) is 9.01. The van der Waals surface area contributed by atoms with E-state index in [0.717, 1.165) is 81.6 Å². The lowest BCUT2D eigenvalue weighted by Gasteiger charge is -2.42. The molecule has 0 radical (unpaired) electrons. The molecule has 3 heterocycles. The molecule has 1 saturated carbocycles. The van der Waals surface area contributed by atoms with Crippen molar-refractivity contribution in [2.45, 2.75) is 97.1 Å². The van der Waals surface area contributed by atoms with Crippen LogP contribution in [0.1, 0.15) is 88.8 Å². The Labute approximate surface area is 238 Å². The monoisotopic (exact) mass is 544 g/mol. The Kier molecular flexibility index (Phi) is 8.60. The van der Waals surface area contributed by atoms with Crippen LogP contribution in [-0.2, 0) is 28.9 Å². The van der Waals surface area contributed by atoms with Gasteiger partial charge in [0.1, 0.15) is 11.4 Å². The summed E-state index contributed by atoms with van der Waals surface area (Å²) in [6, 6.07) is 6.72. The van der Waals surface area contributed by atoms with Crippen molar-refractivity contribution in [3.63, 3.8) is 0 Å². The Hall–Kier alpha value is -3.19. The van der Waals surface area contributed by atoms with Gasteiger partial charge >= 0.3 is 5.97 Å². The highest BCUT2D eigenvalue weighted by molar-refractivity contribution is 6.05. The van der Waals surface area contributed by atoms with E-state index in [0.29, 0.717) is 18.0 Å². The van der Waals surface area contributed by atoms with Gasteiger partial charge in [0.15, 0.2) is 0 Å². The van der Waals surface area contributed by atoms with Crippen molar-refractivity contribution in [3.8, 4) is 0 Å². The van der Waals surface area contributed by atoms with Gasteiger partial charge in [0, 0.05) is 43.0 Å². The zero-order valence-corrected chi connectivity index (χ0v) is 24.6. The molecule has 40 heavy (non-hydrogen) atoms. The maximum absolute atomic E-state index is 13.6. The van der Waals surface area contributed by atoms with E-state index >= 15 is 0 Å². The van der Waals surface area contributed by atoms with Crippen molar-refractivity contribution in [2.75, 3.05) is 13.6 Å². The number of nitrogens with one attached hydrogen (secondary N) is 1. The van der Waals surface area contributed by atoms with E-state index in [-0.39, 0.29) is 18.1 Å². The Balaban J connectivity index is 1.37. The van der Waals surface area contributed by atoms with Crippen molar-refractivity contribution >= 4 is 17.6 Å². The number of allylic oxidation sites excluding steroid dienone is 3. The molecule has 1 aliphatic carbocycles. The zero-order chi connectivity index (χ0) is 28.3. The van der Waals surface area contributed by atoms with Crippen LogP contribution >= 0.6 is 0 Å². The maximum Gasteiger partial charge on any atom is 0.338 e. The molecule has 0 aromatic heterocycles. The molecule has 0 bridgehead atoms. The van der Waals surface area contributed by atoms with Crippen molar-refractivity contribution in [3.05, 3.63) is 69.8 Å². The van der Waals surface area contributed by atoms with Crippen LogP contribution in [0.3, 0.4) is 0 Å². The first-order valence-corrected chi connectivity index (χ1v) is 15.0. The fraction of sp³-hybridized carbons (Fsp3) is 0.545. The number of guanidine groups is 1. The molecule has 1 unspecified atom stereocenters. The quantitative estimate of drug-likeness (QED) is 0.356. The number of carbonyl (C=O) groups is 1. The third-order valence-electron chi connectivity index (χ3n) is 9.01. The zero-order valence-electron chi connectivity index (χ0n) is 24.6. The number of hydrogen-bond donors (Lipinski definition) is 2. The number of cyclic esters (lactones) is 1. The van der Waals surface area contributed by atoms with Crippen molar-refractivity contribution < 1.29 is 14.6 Å². The maximum atomic E-state index is 13.6. The molecule has 1 aromatic carbocycles. The summed E-state index contributed by atoms with van der Waals surface area (Å²) in [6.45, 7) is 7.87. The smallest absolute Gasteiger partial charge is 0.338 e. The second kappa shape index (κ2) is 12.1. The van der Waals surface area contributed by atoms with Crippen LogP contribution in [-0.4, -0.2) is 46.8 Å². The minimum atomic E-state index is -0.662. The fourth-order valence-corrected chi connectivity index (χ4v) is 6.85. The topological polar surface area (TPSA) is 86.5 Å². The molecule has 3 aliphatic heterocycles. The van der Waals surface area contributed by atoms with Gasteiger partial charge in [-0.3, -0.25) is 0 Å². The second-order valence-electron chi connectivity index (χ2n) is 11.8. The first-order chi connectivity index (χ1) is 19.3. The third kappa shape index (κ3) is 5.95. The highest BCUT2D eigenvalue weighted by Gasteiger charge is 2.48. The number of fused-ring (bicyclic) bond motifs is 1. The molecule has 5 rings (SSSR count). The summed E-state index contributed by atoms with van der Waals surface area (Å²) in [4.78, 5) is 25.1. The van der Waals surface area contributed by atoms with E-state index in [2.05, 4.69) is 59.4 Å². The van der Waals surface area contributed by atoms with Crippen LogP contribution in [0.25, 0.3) is 0 Å². The molecule has 214 valence electrons.